The second kappa shape index (κ2) is 8.33. The van der Waals surface area contributed by atoms with Crippen molar-refractivity contribution in [1.29, 1.82) is 5.26 Å². The monoisotopic (exact) mass is 413 g/mol. The number of nitrogens with zero attached hydrogens (tertiary/aromatic N) is 3. The SMILES string of the molecule is N#Cc1ccccc1C1=CC(c2cccc3ccccc23)=CN(c2cccnc2)C1C=O. The molecule has 1 aliphatic heterocycles. The highest BCUT2D eigenvalue weighted by atomic mass is 16.1. The number of rotatable bonds is 4. The molecule has 4 aromatic rings. The maximum Gasteiger partial charge on any atom is 0.147 e. The Bertz CT molecular complexity index is 1410. The number of carbonyl (C=O) groups is 1. The number of hydrogen-bond donors (Lipinski definition) is 0. The molecule has 0 fully saturated rings. The molecule has 0 spiro atoms. The predicted molar refractivity (Wildman–Crippen MR) is 128 cm³/mol. The normalized spacial score (nSPS) is 15.6. The molecule has 2 heterocycles. The molecule has 1 atom stereocenters. The maximum atomic E-state index is 12.4. The van der Waals surface area contributed by atoms with Gasteiger partial charge in [0.1, 0.15) is 12.3 Å². The molecule has 1 aromatic heterocycles. The van der Waals surface area contributed by atoms with Crippen LogP contribution in [-0.2, 0) is 4.79 Å². The van der Waals surface area contributed by atoms with Crippen molar-refractivity contribution in [3.63, 3.8) is 0 Å². The topological polar surface area (TPSA) is 57.0 Å². The van der Waals surface area contributed by atoms with E-state index in [2.05, 4.69) is 35.3 Å². The van der Waals surface area contributed by atoms with Crippen LogP contribution in [0.25, 0.3) is 21.9 Å². The van der Waals surface area contributed by atoms with E-state index in [1.165, 1.54) is 0 Å². The van der Waals surface area contributed by atoms with Crippen LogP contribution in [0.15, 0.2) is 104 Å². The van der Waals surface area contributed by atoms with E-state index >= 15 is 0 Å². The van der Waals surface area contributed by atoms with E-state index < -0.39 is 6.04 Å². The van der Waals surface area contributed by atoms with E-state index in [1.54, 1.807) is 18.5 Å². The maximum absolute atomic E-state index is 12.4. The Balaban J connectivity index is 1.77. The van der Waals surface area contributed by atoms with Gasteiger partial charge in [0.25, 0.3) is 0 Å². The van der Waals surface area contributed by atoms with Crippen molar-refractivity contribution < 1.29 is 4.79 Å². The van der Waals surface area contributed by atoms with Crippen molar-refractivity contribution in [3.8, 4) is 6.07 Å². The second-order valence-corrected chi connectivity index (χ2v) is 7.57. The molecule has 1 aliphatic rings. The van der Waals surface area contributed by atoms with Crippen LogP contribution in [-0.4, -0.2) is 17.3 Å². The summed E-state index contributed by atoms with van der Waals surface area (Å²) < 4.78 is 0. The zero-order valence-corrected chi connectivity index (χ0v) is 17.2. The quantitative estimate of drug-likeness (QED) is 0.408. The van der Waals surface area contributed by atoms with Gasteiger partial charge in [0.15, 0.2) is 0 Å². The van der Waals surface area contributed by atoms with Crippen LogP contribution in [0.4, 0.5) is 5.69 Å². The molecule has 4 nitrogen and oxygen atoms in total. The van der Waals surface area contributed by atoms with Gasteiger partial charge in [-0.15, -0.1) is 0 Å². The molecule has 0 bridgehead atoms. The van der Waals surface area contributed by atoms with Crippen LogP contribution in [0.1, 0.15) is 16.7 Å². The zero-order valence-electron chi connectivity index (χ0n) is 17.2. The first kappa shape index (κ1) is 19.5. The largest absolute Gasteiger partial charge is 0.332 e. The standard InChI is InChI=1S/C28H19N3O/c29-16-21-8-2-4-12-25(21)27-15-22(26-13-5-9-20-7-1-3-11-24(20)26)18-31(28(27)19-32)23-10-6-14-30-17-23/h1-15,17-19,28H. The lowest BCUT2D eigenvalue weighted by Crippen LogP contribution is -2.36. The zero-order chi connectivity index (χ0) is 21.9. The van der Waals surface area contributed by atoms with E-state index in [1.807, 2.05) is 65.7 Å². The molecule has 152 valence electrons. The first-order valence-corrected chi connectivity index (χ1v) is 10.3. The molecule has 0 amide bonds. The summed E-state index contributed by atoms with van der Waals surface area (Å²) in [5, 5.41) is 12.0. The van der Waals surface area contributed by atoms with Gasteiger partial charge in [-0.2, -0.15) is 5.26 Å². The highest BCUT2D eigenvalue weighted by Gasteiger charge is 2.28. The van der Waals surface area contributed by atoms with Crippen LogP contribution >= 0.6 is 0 Å². The van der Waals surface area contributed by atoms with Gasteiger partial charge in [0.2, 0.25) is 0 Å². The van der Waals surface area contributed by atoms with Gasteiger partial charge in [-0.1, -0.05) is 60.7 Å². The van der Waals surface area contributed by atoms with Crippen LogP contribution in [0.5, 0.6) is 0 Å². The van der Waals surface area contributed by atoms with Gasteiger partial charge in [-0.3, -0.25) is 4.98 Å². The lowest BCUT2D eigenvalue weighted by Gasteiger charge is -2.33. The Morgan fingerprint density at radius 1 is 0.906 bits per heavy atom. The fraction of sp³-hybridized carbons (Fsp3) is 0.0357. The van der Waals surface area contributed by atoms with Gasteiger partial charge in [-0.05, 0) is 57.3 Å². The molecule has 0 radical (unpaired) electrons. The summed E-state index contributed by atoms with van der Waals surface area (Å²) in [6.07, 6.45) is 8.40. The average molecular weight is 413 g/mol. The van der Waals surface area contributed by atoms with Crippen LogP contribution < -0.4 is 4.90 Å². The lowest BCUT2D eigenvalue weighted by atomic mass is 9.87. The van der Waals surface area contributed by atoms with Gasteiger partial charge >= 0.3 is 0 Å². The number of anilines is 1. The smallest absolute Gasteiger partial charge is 0.147 e. The summed E-state index contributed by atoms with van der Waals surface area (Å²) in [7, 11) is 0. The molecule has 0 saturated carbocycles. The number of nitriles is 1. The number of carbonyl (C=O) groups excluding carboxylic acids is 1. The summed E-state index contributed by atoms with van der Waals surface area (Å²) in [5.41, 5.74) is 4.91. The Hall–Kier alpha value is -4.49. The third-order valence-corrected chi connectivity index (χ3v) is 5.74. The van der Waals surface area contributed by atoms with Crippen LogP contribution in [0, 0.1) is 11.3 Å². The minimum atomic E-state index is -0.576. The van der Waals surface area contributed by atoms with Crippen molar-refractivity contribution in [2.24, 2.45) is 0 Å². The van der Waals surface area contributed by atoms with E-state index in [9.17, 15) is 10.1 Å². The average Bonchev–Trinajstić information content (AvgIpc) is 2.88. The Kier molecular flexibility index (Phi) is 5.07. The molecule has 1 unspecified atom stereocenters. The van der Waals surface area contributed by atoms with Crippen LogP contribution in [0.2, 0.25) is 0 Å². The molecular weight excluding hydrogens is 394 g/mol. The molecule has 4 heteroatoms. The molecule has 0 aliphatic carbocycles. The van der Waals surface area contributed by atoms with Crippen molar-refractivity contribution in [2.75, 3.05) is 4.90 Å². The molecule has 0 N–H and O–H groups in total. The fourth-order valence-corrected chi connectivity index (χ4v) is 4.24. The number of aldehydes is 1. The van der Waals surface area contributed by atoms with Gasteiger partial charge < -0.3 is 9.69 Å². The minimum absolute atomic E-state index is 0.538. The number of benzene rings is 3. The van der Waals surface area contributed by atoms with Crippen LogP contribution in [0.3, 0.4) is 0 Å². The van der Waals surface area contributed by atoms with Crippen molar-refractivity contribution in [2.45, 2.75) is 6.04 Å². The second-order valence-electron chi connectivity index (χ2n) is 7.57. The number of aromatic nitrogens is 1. The summed E-state index contributed by atoms with van der Waals surface area (Å²) in [6.45, 7) is 0. The van der Waals surface area contributed by atoms with E-state index in [-0.39, 0.29) is 0 Å². The van der Waals surface area contributed by atoms with Crippen molar-refractivity contribution in [3.05, 3.63) is 120 Å². The predicted octanol–water partition coefficient (Wildman–Crippen LogP) is 5.62. The third-order valence-electron chi connectivity index (χ3n) is 5.74. The first-order valence-electron chi connectivity index (χ1n) is 10.3. The Morgan fingerprint density at radius 3 is 2.50 bits per heavy atom. The van der Waals surface area contributed by atoms with Crippen molar-refractivity contribution >= 4 is 33.9 Å². The highest BCUT2D eigenvalue weighted by molar-refractivity contribution is 6.04. The Morgan fingerprint density at radius 2 is 1.69 bits per heavy atom. The lowest BCUT2D eigenvalue weighted by molar-refractivity contribution is -0.107. The number of allylic oxidation sites excluding steroid dienone is 2. The highest BCUT2D eigenvalue weighted by Crippen LogP contribution is 2.37. The summed E-state index contributed by atoms with van der Waals surface area (Å²) in [6, 6.07) is 27.3. The molecule has 0 saturated heterocycles. The van der Waals surface area contributed by atoms with Crippen molar-refractivity contribution in [1.82, 2.24) is 4.98 Å². The van der Waals surface area contributed by atoms with Gasteiger partial charge in [0.05, 0.1) is 23.5 Å². The third kappa shape index (κ3) is 3.36. The number of fused-ring (bicyclic) bond motifs is 1. The van der Waals surface area contributed by atoms with Gasteiger partial charge in [0, 0.05) is 12.4 Å². The number of hydrogen-bond acceptors (Lipinski definition) is 4. The molecular formula is C28H19N3O. The summed E-state index contributed by atoms with van der Waals surface area (Å²) >= 11 is 0. The summed E-state index contributed by atoms with van der Waals surface area (Å²) in [5.74, 6) is 0. The molecule has 5 rings (SSSR count). The minimum Gasteiger partial charge on any atom is -0.332 e. The van der Waals surface area contributed by atoms with Gasteiger partial charge in [-0.25, -0.2) is 0 Å². The molecule has 3 aromatic carbocycles. The number of pyridine rings is 1. The first-order chi connectivity index (χ1) is 15.8. The molecule has 32 heavy (non-hydrogen) atoms. The van der Waals surface area contributed by atoms with E-state index in [0.29, 0.717) is 5.56 Å². The Labute approximate surface area is 186 Å². The fourth-order valence-electron chi connectivity index (χ4n) is 4.24. The van der Waals surface area contributed by atoms with E-state index in [0.717, 1.165) is 45.0 Å². The van der Waals surface area contributed by atoms with E-state index in [4.69, 9.17) is 0 Å². The summed E-state index contributed by atoms with van der Waals surface area (Å²) in [4.78, 5) is 18.5.